The van der Waals surface area contributed by atoms with Crippen LogP contribution in [0.3, 0.4) is 0 Å². The zero-order chi connectivity index (χ0) is 11.2. The molecule has 1 aliphatic heterocycles. The van der Waals surface area contributed by atoms with Crippen molar-refractivity contribution < 1.29 is 13.2 Å². The average molecular weight is 248 g/mol. The Labute approximate surface area is 93.0 Å². The van der Waals surface area contributed by atoms with Gasteiger partial charge in [0.15, 0.2) is 0 Å². The normalized spacial score (nSPS) is 19.8. The largest absolute Gasteiger partial charge is 0.489 e. The molecule has 1 heterocycles. The molecule has 0 aliphatic carbocycles. The SMILES string of the molecule is CC1Cc2cc(Cl)cc(S(N)(=O)=O)c2O1. The first kappa shape index (κ1) is 10.7. The maximum Gasteiger partial charge on any atom is 0.241 e. The molecule has 6 heteroatoms. The topological polar surface area (TPSA) is 69.4 Å². The molecule has 1 aromatic rings. The molecule has 2 N–H and O–H groups in total. The molecule has 4 nitrogen and oxygen atoms in total. The van der Waals surface area contributed by atoms with E-state index in [-0.39, 0.29) is 11.0 Å². The highest BCUT2D eigenvalue weighted by Crippen LogP contribution is 2.37. The quantitative estimate of drug-likeness (QED) is 0.814. The molecule has 0 fully saturated rings. The van der Waals surface area contributed by atoms with Gasteiger partial charge in [0.25, 0.3) is 0 Å². The van der Waals surface area contributed by atoms with E-state index in [9.17, 15) is 8.42 Å². The van der Waals surface area contributed by atoms with E-state index < -0.39 is 10.0 Å². The Kier molecular flexibility index (Phi) is 2.41. The van der Waals surface area contributed by atoms with Gasteiger partial charge in [-0.25, -0.2) is 13.6 Å². The number of primary sulfonamides is 1. The summed E-state index contributed by atoms with van der Waals surface area (Å²) in [5, 5.41) is 5.43. The third-order valence-corrected chi connectivity index (χ3v) is 3.36. The van der Waals surface area contributed by atoms with Crippen LogP contribution in [0.5, 0.6) is 5.75 Å². The van der Waals surface area contributed by atoms with Gasteiger partial charge >= 0.3 is 0 Å². The van der Waals surface area contributed by atoms with Gasteiger partial charge in [0.2, 0.25) is 10.0 Å². The fourth-order valence-corrected chi connectivity index (χ4v) is 2.71. The molecular weight excluding hydrogens is 238 g/mol. The lowest BCUT2D eigenvalue weighted by atomic mass is 10.1. The highest BCUT2D eigenvalue weighted by Gasteiger charge is 2.27. The maximum absolute atomic E-state index is 11.3. The van der Waals surface area contributed by atoms with Crippen LogP contribution in [0.15, 0.2) is 17.0 Å². The number of hydrogen-bond acceptors (Lipinski definition) is 3. The van der Waals surface area contributed by atoms with E-state index >= 15 is 0 Å². The number of benzene rings is 1. The Morgan fingerprint density at radius 1 is 1.53 bits per heavy atom. The third-order valence-electron chi connectivity index (χ3n) is 2.23. The van der Waals surface area contributed by atoms with Crippen molar-refractivity contribution in [2.45, 2.75) is 24.3 Å². The van der Waals surface area contributed by atoms with Crippen LogP contribution < -0.4 is 9.88 Å². The summed E-state index contributed by atoms with van der Waals surface area (Å²) in [6.07, 6.45) is 0.609. The molecule has 2 rings (SSSR count). The van der Waals surface area contributed by atoms with E-state index in [4.69, 9.17) is 21.5 Å². The van der Waals surface area contributed by atoms with E-state index in [0.717, 1.165) is 5.56 Å². The molecule has 1 aromatic carbocycles. The van der Waals surface area contributed by atoms with Crippen LogP contribution in [0.4, 0.5) is 0 Å². The van der Waals surface area contributed by atoms with Crippen LogP contribution in [-0.4, -0.2) is 14.5 Å². The first-order chi connectivity index (χ1) is 6.88. The van der Waals surface area contributed by atoms with Crippen molar-refractivity contribution in [3.05, 3.63) is 22.7 Å². The second-order valence-electron chi connectivity index (χ2n) is 3.57. The lowest BCUT2D eigenvalue weighted by Crippen LogP contribution is -2.14. The molecule has 1 aliphatic rings. The van der Waals surface area contributed by atoms with E-state index in [1.807, 2.05) is 6.92 Å². The second-order valence-corrected chi connectivity index (χ2v) is 5.54. The van der Waals surface area contributed by atoms with Crippen LogP contribution in [0.1, 0.15) is 12.5 Å². The standard InChI is InChI=1S/C9H10ClNO3S/c1-5-2-6-3-7(10)4-8(9(6)14-5)15(11,12)13/h3-5H,2H2,1H3,(H2,11,12,13). The van der Waals surface area contributed by atoms with Gasteiger partial charge in [-0.2, -0.15) is 0 Å². The summed E-state index contributed by atoms with van der Waals surface area (Å²) >= 11 is 5.81. The first-order valence-corrected chi connectivity index (χ1v) is 6.32. The van der Waals surface area contributed by atoms with Crippen molar-refractivity contribution in [3.8, 4) is 5.75 Å². The highest BCUT2D eigenvalue weighted by molar-refractivity contribution is 7.89. The Balaban J connectivity index is 2.68. The summed E-state index contributed by atoms with van der Waals surface area (Å²) in [5.74, 6) is 0.342. The molecule has 0 spiro atoms. The van der Waals surface area contributed by atoms with Crippen LogP contribution in [0, 0.1) is 0 Å². The molecule has 0 radical (unpaired) electrons. The van der Waals surface area contributed by atoms with Gasteiger partial charge in [0, 0.05) is 17.0 Å². The molecule has 82 valence electrons. The molecular formula is C9H10ClNO3S. The van der Waals surface area contributed by atoms with Crippen molar-refractivity contribution in [1.82, 2.24) is 0 Å². The Morgan fingerprint density at radius 2 is 2.20 bits per heavy atom. The van der Waals surface area contributed by atoms with Crippen LogP contribution >= 0.6 is 11.6 Å². The molecule has 15 heavy (non-hydrogen) atoms. The molecule has 0 saturated heterocycles. The van der Waals surface area contributed by atoms with Crippen molar-refractivity contribution >= 4 is 21.6 Å². The van der Waals surface area contributed by atoms with Gasteiger partial charge in [-0.3, -0.25) is 0 Å². The van der Waals surface area contributed by atoms with Gasteiger partial charge in [-0.1, -0.05) is 11.6 Å². The Bertz CT molecular complexity index is 512. The molecule has 0 aromatic heterocycles. The monoisotopic (exact) mass is 247 g/mol. The second kappa shape index (κ2) is 3.37. The van der Waals surface area contributed by atoms with E-state index in [1.165, 1.54) is 6.07 Å². The van der Waals surface area contributed by atoms with Crippen LogP contribution in [0.2, 0.25) is 5.02 Å². The smallest absolute Gasteiger partial charge is 0.241 e. The molecule has 0 saturated carbocycles. The van der Waals surface area contributed by atoms with Crippen LogP contribution in [0.25, 0.3) is 0 Å². The fraction of sp³-hybridized carbons (Fsp3) is 0.333. The number of hydrogen-bond donors (Lipinski definition) is 1. The zero-order valence-electron chi connectivity index (χ0n) is 8.03. The predicted octanol–water partition coefficient (Wildman–Crippen LogP) is 1.31. The van der Waals surface area contributed by atoms with Crippen molar-refractivity contribution in [1.29, 1.82) is 0 Å². The first-order valence-electron chi connectivity index (χ1n) is 4.40. The van der Waals surface area contributed by atoms with Crippen molar-refractivity contribution in [3.63, 3.8) is 0 Å². The minimum Gasteiger partial charge on any atom is -0.489 e. The maximum atomic E-state index is 11.3. The number of rotatable bonds is 1. The van der Waals surface area contributed by atoms with E-state index in [1.54, 1.807) is 6.07 Å². The van der Waals surface area contributed by atoms with Crippen molar-refractivity contribution in [2.24, 2.45) is 5.14 Å². The summed E-state index contributed by atoms with van der Waals surface area (Å²) in [6, 6.07) is 3.02. The number of sulfonamides is 1. The molecule has 1 unspecified atom stereocenters. The summed E-state index contributed by atoms with van der Waals surface area (Å²) in [4.78, 5) is -0.0330. The summed E-state index contributed by atoms with van der Waals surface area (Å²) in [5.41, 5.74) is 0.791. The minimum atomic E-state index is -3.78. The summed E-state index contributed by atoms with van der Waals surface area (Å²) < 4.78 is 28.0. The van der Waals surface area contributed by atoms with Gasteiger partial charge in [-0.05, 0) is 19.1 Å². The lowest BCUT2D eigenvalue weighted by Gasteiger charge is -2.07. The van der Waals surface area contributed by atoms with E-state index in [2.05, 4.69) is 0 Å². The number of ether oxygens (including phenoxy) is 1. The Morgan fingerprint density at radius 3 is 2.80 bits per heavy atom. The van der Waals surface area contributed by atoms with Gasteiger partial charge in [-0.15, -0.1) is 0 Å². The number of nitrogens with two attached hydrogens (primary N) is 1. The zero-order valence-corrected chi connectivity index (χ0v) is 9.60. The number of halogens is 1. The number of fused-ring (bicyclic) bond motifs is 1. The predicted molar refractivity (Wildman–Crippen MR) is 56.6 cm³/mol. The third kappa shape index (κ3) is 1.95. The fourth-order valence-electron chi connectivity index (χ4n) is 1.67. The lowest BCUT2D eigenvalue weighted by molar-refractivity contribution is 0.249. The van der Waals surface area contributed by atoms with E-state index in [0.29, 0.717) is 17.2 Å². The summed E-state index contributed by atoms with van der Waals surface area (Å²) in [7, 11) is -3.78. The Hall–Kier alpha value is -0.780. The summed E-state index contributed by atoms with van der Waals surface area (Å²) in [6.45, 7) is 1.86. The molecule has 0 bridgehead atoms. The average Bonchev–Trinajstić information content (AvgIpc) is 2.41. The molecule has 0 amide bonds. The van der Waals surface area contributed by atoms with Crippen molar-refractivity contribution in [2.75, 3.05) is 0 Å². The van der Waals surface area contributed by atoms with Gasteiger partial charge in [0.05, 0.1) is 0 Å². The van der Waals surface area contributed by atoms with Gasteiger partial charge in [0.1, 0.15) is 16.7 Å². The molecule has 1 atom stereocenters. The highest BCUT2D eigenvalue weighted by atomic mass is 35.5. The van der Waals surface area contributed by atoms with Crippen LogP contribution in [-0.2, 0) is 16.4 Å². The van der Waals surface area contributed by atoms with Gasteiger partial charge < -0.3 is 4.74 Å². The minimum absolute atomic E-state index is 0.0330.